The smallest absolute Gasteiger partial charge is 0.400 e. The highest BCUT2D eigenvalue weighted by molar-refractivity contribution is 9.11. The summed E-state index contributed by atoms with van der Waals surface area (Å²) in [6, 6.07) is 8.49. The Morgan fingerprint density at radius 3 is 1.22 bits per heavy atom. The van der Waals surface area contributed by atoms with E-state index in [0.29, 0.717) is 31.4 Å². The van der Waals surface area contributed by atoms with E-state index in [-0.39, 0.29) is 47.6 Å². The molecule has 0 bridgehead atoms. The monoisotopic (exact) mass is 821 g/mol. The predicted molar refractivity (Wildman–Crippen MR) is 216 cm³/mol. The van der Waals surface area contributed by atoms with Crippen molar-refractivity contribution >= 4 is 67.2 Å². The van der Waals surface area contributed by atoms with E-state index >= 15 is 0 Å². The van der Waals surface area contributed by atoms with Gasteiger partial charge in [0.25, 0.3) is 0 Å². The number of rotatable bonds is 5. The summed E-state index contributed by atoms with van der Waals surface area (Å²) in [5.74, 6) is -0.277. The summed E-state index contributed by atoms with van der Waals surface area (Å²) in [4.78, 5) is 0. The number of allylic oxidation sites excluding steroid dienone is 3. The van der Waals surface area contributed by atoms with Crippen molar-refractivity contribution in [3.05, 3.63) is 110 Å². The van der Waals surface area contributed by atoms with Crippen molar-refractivity contribution in [3.63, 3.8) is 0 Å². The van der Waals surface area contributed by atoms with Crippen molar-refractivity contribution in [1.82, 2.24) is 0 Å². The van der Waals surface area contributed by atoms with E-state index in [1.807, 2.05) is 62.3 Å². The molecule has 50 heavy (non-hydrogen) atoms. The molecule has 6 N–H and O–H groups in total. The molecule has 0 aromatic heterocycles. The minimum atomic E-state index is -0.312. The fourth-order valence-electron chi connectivity index (χ4n) is 4.54. The van der Waals surface area contributed by atoms with Gasteiger partial charge < -0.3 is 26.5 Å². The van der Waals surface area contributed by atoms with Gasteiger partial charge in [0, 0.05) is 31.4 Å². The lowest BCUT2D eigenvalue weighted by Crippen LogP contribution is -2.41. The van der Waals surface area contributed by atoms with Gasteiger partial charge in [-0.2, -0.15) is 0 Å². The van der Waals surface area contributed by atoms with Gasteiger partial charge in [-0.15, -0.1) is 6.58 Å². The van der Waals surface area contributed by atoms with Gasteiger partial charge in [-0.3, -0.25) is 0 Å². The first-order valence-corrected chi connectivity index (χ1v) is 17.7. The lowest BCUT2D eigenvalue weighted by atomic mass is 9.81. The van der Waals surface area contributed by atoms with Gasteiger partial charge in [-0.25, -0.2) is 13.2 Å². The van der Waals surface area contributed by atoms with E-state index in [1.165, 1.54) is 36.4 Å². The molecule has 1 heterocycles. The van der Waals surface area contributed by atoms with Crippen LogP contribution in [0.2, 0.25) is 0 Å². The Labute approximate surface area is 315 Å². The minimum absolute atomic E-state index is 0.188. The molecule has 274 valence electrons. The van der Waals surface area contributed by atoms with Crippen LogP contribution in [0.25, 0.3) is 11.1 Å². The lowest BCUT2D eigenvalue weighted by molar-refractivity contribution is 0.00578. The maximum Gasteiger partial charge on any atom is 0.489 e. The third-order valence-electron chi connectivity index (χ3n) is 8.22. The first kappa shape index (κ1) is 45.0. The van der Waals surface area contributed by atoms with Gasteiger partial charge in [-0.1, -0.05) is 46.3 Å². The summed E-state index contributed by atoms with van der Waals surface area (Å²) in [5, 5.41) is 0. The molecule has 1 saturated heterocycles. The van der Waals surface area contributed by atoms with Crippen LogP contribution in [0, 0.1) is 17.5 Å². The van der Waals surface area contributed by atoms with E-state index in [4.69, 9.17) is 26.5 Å². The van der Waals surface area contributed by atoms with Gasteiger partial charge >= 0.3 is 7.12 Å². The van der Waals surface area contributed by atoms with Crippen molar-refractivity contribution in [1.29, 1.82) is 0 Å². The molecule has 0 amide bonds. The molecular weight excluding hydrogens is 770 g/mol. The number of halogens is 5. The Bertz CT molecular complexity index is 1600. The highest BCUT2D eigenvalue weighted by Crippen LogP contribution is 2.38. The molecule has 3 aromatic rings. The molecule has 1 aliphatic heterocycles. The topological polar surface area (TPSA) is 96.5 Å². The van der Waals surface area contributed by atoms with Gasteiger partial charge in [0.15, 0.2) is 0 Å². The molecule has 0 spiro atoms. The highest BCUT2D eigenvalue weighted by atomic mass is 79.9. The van der Waals surface area contributed by atoms with E-state index in [1.54, 1.807) is 13.8 Å². The van der Waals surface area contributed by atoms with Gasteiger partial charge in [0.05, 0.1) is 16.9 Å². The normalized spacial score (nSPS) is 14.2. The predicted octanol–water partition coefficient (Wildman–Crippen LogP) is 12.3. The van der Waals surface area contributed by atoms with Gasteiger partial charge in [-0.05, 0) is 151 Å². The van der Waals surface area contributed by atoms with Crippen LogP contribution in [0.5, 0.6) is 0 Å². The maximum atomic E-state index is 13.3. The summed E-state index contributed by atoms with van der Waals surface area (Å²) in [6.07, 6.45) is 0. The quantitative estimate of drug-likeness (QED) is 0.176. The first-order chi connectivity index (χ1) is 22.7. The number of hydrogen-bond donors (Lipinski definition) is 3. The third kappa shape index (κ3) is 12.4. The second kappa shape index (κ2) is 18.5. The summed E-state index contributed by atoms with van der Waals surface area (Å²) >= 11 is 6.20. The zero-order chi connectivity index (χ0) is 39.0. The largest absolute Gasteiger partial charge is 0.489 e. The Morgan fingerprint density at radius 2 is 0.940 bits per heavy atom. The molecule has 4 rings (SSSR count). The average Bonchev–Trinajstić information content (AvgIpc) is 3.20. The molecule has 0 unspecified atom stereocenters. The molecule has 0 atom stereocenters. The van der Waals surface area contributed by atoms with Crippen LogP contribution >= 0.6 is 31.9 Å². The van der Waals surface area contributed by atoms with E-state index in [2.05, 4.69) is 51.6 Å². The van der Waals surface area contributed by atoms with Crippen molar-refractivity contribution < 1.29 is 22.5 Å². The Kier molecular flexibility index (Phi) is 16.7. The van der Waals surface area contributed by atoms with Gasteiger partial charge in [0.1, 0.15) is 17.5 Å². The van der Waals surface area contributed by atoms with Crippen LogP contribution in [-0.2, 0) is 9.31 Å². The lowest BCUT2D eigenvalue weighted by Gasteiger charge is -2.32. The van der Waals surface area contributed by atoms with Crippen LogP contribution in [0.4, 0.5) is 30.2 Å². The number of nitrogens with two attached hydrogens (primary N) is 3. The van der Waals surface area contributed by atoms with Crippen LogP contribution in [0.1, 0.15) is 110 Å². The minimum Gasteiger partial charge on any atom is -0.400 e. The second-order valence-corrected chi connectivity index (χ2v) is 15.7. The van der Waals surface area contributed by atoms with Crippen molar-refractivity contribution in [3.8, 4) is 0 Å². The maximum absolute atomic E-state index is 13.3. The molecule has 3 aromatic carbocycles. The summed E-state index contributed by atoms with van der Waals surface area (Å²) < 4.78 is 51.5. The highest BCUT2D eigenvalue weighted by Gasteiger charge is 2.51. The zero-order valence-corrected chi connectivity index (χ0v) is 34.4. The first-order valence-electron chi connectivity index (χ1n) is 16.1. The summed E-state index contributed by atoms with van der Waals surface area (Å²) in [7, 11) is -0.241. The third-order valence-corrected chi connectivity index (χ3v) is 9.53. The fraction of sp³-hybridized carbons (Fsp3) is 0.385. The fourth-order valence-corrected chi connectivity index (χ4v) is 5.67. The zero-order valence-electron chi connectivity index (χ0n) is 31.3. The number of nitrogen functional groups attached to an aromatic ring is 3. The van der Waals surface area contributed by atoms with Crippen LogP contribution in [-0.4, -0.2) is 18.3 Å². The van der Waals surface area contributed by atoms with Crippen LogP contribution in [0.15, 0.2) is 70.6 Å². The van der Waals surface area contributed by atoms with E-state index < -0.39 is 0 Å². The van der Waals surface area contributed by atoms with Crippen molar-refractivity contribution in [2.75, 3.05) is 17.2 Å². The second-order valence-electron chi connectivity index (χ2n) is 14.0. The van der Waals surface area contributed by atoms with E-state index in [0.717, 1.165) is 33.4 Å². The van der Waals surface area contributed by atoms with Gasteiger partial charge in [0.2, 0.25) is 0 Å². The van der Waals surface area contributed by atoms with Crippen molar-refractivity contribution in [2.45, 2.75) is 99.2 Å². The molecule has 1 aliphatic rings. The Hall–Kier alpha value is -2.99. The SMILES string of the molecule is C=C(C)B1OC(C)(C)C(C)(C)O1.C=C(C)c1cc(F)cc(C(=C)C)c1N.CC(C)c1cc(F)cc(C(C)C)c1N.Nc1c(Br)cc(F)cc1Br. The number of hydrogen-bond acceptors (Lipinski definition) is 5. The van der Waals surface area contributed by atoms with Crippen LogP contribution in [0.3, 0.4) is 0 Å². The molecule has 1 fully saturated rings. The molecule has 5 nitrogen and oxygen atoms in total. The molecule has 11 heteroatoms. The molecule has 0 aliphatic carbocycles. The summed E-state index contributed by atoms with van der Waals surface area (Å²) in [6.45, 7) is 33.1. The molecular formula is C39H53BBr2F3N3O2. The molecule has 0 saturated carbocycles. The average molecular weight is 823 g/mol. The Balaban J connectivity index is 0.000000336. The molecule has 0 radical (unpaired) electrons. The van der Waals surface area contributed by atoms with E-state index in [9.17, 15) is 13.2 Å². The Morgan fingerprint density at radius 1 is 0.620 bits per heavy atom. The van der Waals surface area contributed by atoms with Crippen LogP contribution < -0.4 is 17.2 Å². The number of anilines is 3. The number of benzene rings is 3. The van der Waals surface area contributed by atoms with Crippen molar-refractivity contribution in [2.24, 2.45) is 0 Å². The standard InChI is InChI=1S/C12H18FN.C12H14FN.C9H17BO2.C6H4Br2FN/c2*1-7(2)10-5-9(13)6-11(8(3)4)12(10)14;1-7(2)10-11-8(3,4)9(5,6)12-10;7-4-1-3(9)2-5(8)6(4)10/h5-8H,14H2,1-4H3;5-6H,1,3,14H2,2,4H3;1H2,2-6H3;1-2H,10H2. The summed E-state index contributed by atoms with van der Waals surface area (Å²) in [5.41, 5.74) is 24.2.